The van der Waals surface area contributed by atoms with Crippen molar-refractivity contribution in [2.24, 2.45) is 7.05 Å². The molecule has 7 nitrogen and oxygen atoms in total. The second-order valence-corrected chi connectivity index (χ2v) is 6.46. The zero-order chi connectivity index (χ0) is 17.0. The summed E-state index contributed by atoms with van der Waals surface area (Å²) >= 11 is 0. The second kappa shape index (κ2) is 7.31. The average Bonchev–Trinajstić information content (AvgIpc) is 2.80. The van der Waals surface area contributed by atoms with Crippen molar-refractivity contribution in [2.45, 2.75) is 39.7 Å². The molecule has 1 fully saturated rings. The molecule has 2 heterocycles. The Kier molecular flexibility index (Phi) is 5.64. The smallest absolute Gasteiger partial charge is 0.250 e. The third-order valence-electron chi connectivity index (χ3n) is 4.21. The Hall–Kier alpha value is -1.60. The Labute approximate surface area is 137 Å². The Morgan fingerprint density at radius 2 is 2.04 bits per heavy atom. The molecule has 1 aromatic heterocycles. The van der Waals surface area contributed by atoms with Crippen molar-refractivity contribution in [2.75, 3.05) is 43.1 Å². The van der Waals surface area contributed by atoms with Gasteiger partial charge in [-0.15, -0.1) is 0 Å². The number of carbonyl (C=O) groups is 1. The molecule has 130 valence electrons. The number of hydrogen-bond donors (Lipinski definition) is 1. The van der Waals surface area contributed by atoms with E-state index >= 15 is 0 Å². The van der Waals surface area contributed by atoms with Gasteiger partial charge in [-0.25, -0.2) is 0 Å². The number of ether oxygens (including phenoxy) is 2. The van der Waals surface area contributed by atoms with Crippen LogP contribution in [0.3, 0.4) is 0 Å². The third-order valence-corrected chi connectivity index (χ3v) is 4.21. The molecule has 1 amide bonds. The van der Waals surface area contributed by atoms with Gasteiger partial charge in [0.1, 0.15) is 12.3 Å². The Morgan fingerprint density at radius 3 is 2.65 bits per heavy atom. The van der Waals surface area contributed by atoms with Crippen LogP contribution in [0, 0.1) is 6.92 Å². The van der Waals surface area contributed by atoms with E-state index < -0.39 is 0 Å². The van der Waals surface area contributed by atoms with Crippen LogP contribution in [0.25, 0.3) is 0 Å². The summed E-state index contributed by atoms with van der Waals surface area (Å²) in [7, 11) is 1.89. The predicted octanol–water partition coefficient (Wildman–Crippen LogP) is 1.71. The molecule has 1 aliphatic rings. The second-order valence-electron chi connectivity index (χ2n) is 6.46. The molecule has 1 saturated heterocycles. The van der Waals surface area contributed by atoms with Crippen LogP contribution in [-0.2, 0) is 21.3 Å². The number of carbonyl (C=O) groups excluding carboxylic acids is 1. The fourth-order valence-electron chi connectivity index (χ4n) is 2.47. The summed E-state index contributed by atoms with van der Waals surface area (Å²) in [6.45, 7) is 10.9. The van der Waals surface area contributed by atoms with Crippen LogP contribution in [-0.4, -0.2) is 54.2 Å². The maximum atomic E-state index is 12.3. The summed E-state index contributed by atoms with van der Waals surface area (Å²) in [5.41, 5.74) is 1.27. The van der Waals surface area contributed by atoms with Gasteiger partial charge >= 0.3 is 0 Å². The quantitative estimate of drug-likeness (QED) is 0.863. The van der Waals surface area contributed by atoms with Gasteiger partial charge in [0.2, 0.25) is 0 Å². The van der Waals surface area contributed by atoms with Crippen molar-refractivity contribution in [3.8, 4) is 0 Å². The maximum Gasteiger partial charge on any atom is 0.250 e. The minimum atomic E-state index is -0.297. The average molecular weight is 324 g/mol. The number of nitrogens with one attached hydrogen (secondary N) is 1. The molecule has 1 N–H and O–H groups in total. The molecule has 0 unspecified atom stereocenters. The number of anilines is 2. The van der Waals surface area contributed by atoms with Crippen molar-refractivity contribution in [1.82, 2.24) is 9.78 Å². The molecule has 0 atom stereocenters. The minimum absolute atomic E-state index is 0.0394. The van der Waals surface area contributed by atoms with E-state index in [0.29, 0.717) is 13.2 Å². The molecule has 0 saturated carbocycles. The van der Waals surface area contributed by atoms with Crippen molar-refractivity contribution >= 4 is 17.4 Å². The first-order chi connectivity index (χ1) is 10.8. The van der Waals surface area contributed by atoms with Crippen molar-refractivity contribution in [3.05, 3.63) is 5.69 Å². The molecule has 23 heavy (non-hydrogen) atoms. The van der Waals surface area contributed by atoms with E-state index in [1.807, 2.05) is 39.4 Å². The van der Waals surface area contributed by atoms with Crippen LogP contribution < -0.4 is 10.2 Å². The largest absolute Gasteiger partial charge is 0.378 e. The lowest BCUT2D eigenvalue weighted by molar-refractivity contribution is -0.126. The summed E-state index contributed by atoms with van der Waals surface area (Å²) in [5.74, 6) is 0.769. The Morgan fingerprint density at radius 1 is 1.39 bits per heavy atom. The lowest BCUT2D eigenvalue weighted by Crippen LogP contribution is -2.38. The minimum Gasteiger partial charge on any atom is -0.378 e. The molecular formula is C16H28N4O3. The molecule has 1 aromatic rings. The molecule has 0 radical (unpaired) electrons. The van der Waals surface area contributed by atoms with Crippen LogP contribution in [0.15, 0.2) is 0 Å². The monoisotopic (exact) mass is 324 g/mol. The van der Waals surface area contributed by atoms with Gasteiger partial charge in [-0.3, -0.25) is 9.48 Å². The Balaban J connectivity index is 2.08. The van der Waals surface area contributed by atoms with Crippen molar-refractivity contribution in [1.29, 1.82) is 0 Å². The zero-order valence-corrected chi connectivity index (χ0v) is 14.8. The lowest BCUT2D eigenvalue weighted by atomic mass is 10.1. The van der Waals surface area contributed by atoms with E-state index in [0.717, 1.165) is 36.7 Å². The molecule has 0 spiro atoms. The number of rotatable bonds is 6. The number of amides is 1. The van der Waals surface area contributed by atoms with Gasteiger partial charge in [0.05, 0.1) is 24.5 Å². The molecule has 0 aliphatic carbocycles. The van der Waals surface area contributed by atoms with E-state index in [-0.39, 0.29) is 18.1 Å². The van der Waals surface area contributed by atoms with Crippen LogP contribution in [0.2, 0.25) is 0 Å². The molecule has 0 bridgehead atoms. The van der Waals surface area contributed by atoms with Gasteiger partial charge in [0, 0.05) is 20.1 Å². The van der Waals surface area contributed by atoms with E-state index in [4.69, 9.17) is 9.47 Å². The van der Waals surface area contributed by atoms with E-state index in [2.05, 4.69) is 15.3 Å². The van der Waals surface area contributed by atoms with E-state index in [9.17, 15) is 4.79 Å². The summed E-state index contributed by atoms with van der Waals surface area (Å²) < 4.78 is 12.9. The highest BCUT2D eigenvalue weighted by Crippen LogP contribution is 2.29. The first kappa shape index (κ1) is 17.7. The van der Waals surface area contributed by atoms with Gasteiger partial charge in [-0.1, -0.05) is 6.92 Å². The van der Waals surface area contributed by atoms with E-state index in [1.54, 1.807) is 0 Å². The highest BCUT2D eigenvalue weighted by molar-refractivity contribution is 5.95. The van der Waals surface area contributed by atoms with Crippen molar-refractivity contribution in [3.63, 3.8) is 0 Å². The molecular weight excluding hydrogens is 296 g/mol. The number of morpholine rings is 1. The van der Waals surface area contributed by atoms with Gasteiger partial charge in [-0.05, 0) is 27.2 Å². The number of aryl methyl sites for hydroxylation is 2. The predicted molar refractivity (Wildman–Crippen MR) is 89.9 cm³/mol. The Bertz CT molecular complexity index is 548. The van der Waals surface area contributed by atoms with Crippen LogP contribution in [0.1, 0.15) is 32.9 Å². The fraction of sp³-hybridized carbons (Fsp3) is 0.750. The number of nitrogens with zero attached hydrogens (tertiary/aromatic N) is 3. The van der Waals surface area contributed by atoms with Gasteiger partial charge in [0.15, 0.2) is 5.82 Å². The maximum absolute atomic E-state index is 12.3. The lowest BCUT2D eigenvalue weighted by Gasteiger charge is -2.29. The number of aromatic nitrogens is 2. The highest BCUT2D eigenvalue weighted by Gasteiger charge is 2.24. The molecule has 2 rings (SSSR count). The molecule has 7 heteroatoms. The fourth-order valence-corrected chi connectivity index (χ4v) is 2.47. The van der Waals surface area contributed by atoms with Crippen molar-refractivity contribution < 1.29 is 14.3 Å². The van der Waals surface area contributed by atoms with Gasteiger partial charge in [0.25, 0.3) is 5.91 Å². The van der Waals surface area contributed by atoms with Crippen LogP contribution in [0.5, 0.6) is 0 Å². The first-order valence-corrected chi connectivity index (χ1v) is 8.14. The molecule has 1 aliphatic heterocycles. The summed E-state index contributed by atoms with van der Waals surface area (Å²) in [6, 6.07) is 0. The summed E-state index contributed by atoms with van der Waals surface area (Å²) in [5, 5.41) is 7.41. The molecule has 0 aromatic carbocycles. The SMILES string of the molecule is CCC(C)(C)OCC(=O)Nc1c(C)nn(C)c1N1CCOCC1. The normalized spacial score (nSPS) is 15.8. The van der Waals surface area contributed by atoms with Gasteiger partial charge < -0.3 is 19.7 Å². The van der Waals surface area contributed by atoms with E-state index in [1.165, 1.54) is 0 Å². The highest BCUT2D eigenvalue weighted by atomic mass is 16.5. The third kappa shape index (κ3) is 4.45. The summed E-state index contributed by atoms with van der Waals surface area (Å²) in [6.07, 6.45) is 0.852. The zero-order valence-electron chi connectivity index (χ0n) is 14.8. The first-order valence-electron chi connectivity index (χ1n) is 8.14. The van der Waals surface area contributed by atoms with Gasteiger partial charge in [-0.2, -0.15) is 5.10 Å². The standard InChI is InChI=1S/C16H28N4O3/c1-6-16(3,4)23-11-13(21)17-14-12(2)18-19(5)15(14)20-7-9-22-10-8-20/h6-11H2,1-5H3,(H,17,21). The summed E-state index contributed by atoms with van der Waals surface area (Å²) in [4.78, 5) is 14.4. The topological polar surface area (TPSA) is 68.6 Å². The number of hydrogen-bond acceptors (Lipinski definition) is 5. The van der Waals surface area contributed by atoms with Crippen LogP contribution >= 0.6 is 0 Å². The van der Waals surface area contributed by atoms with Crippen LogP contribution in [0.4, 0.5) is 11.5 Å².